The molecule has 304 valence electrons. The topological polar surface area (TPSA) is 103 Å². The van der Waals surface area contributed by atoms with Crippen molar-refractivity contribution in [1.29, 1.82) is 0 Å². The zero-order valence-corrected chi connectivity index (χ0v) is 37.4. The first kappa shape index (κ1) is 57.0. The highest BCUT2D eigenvalue weighted by Crippen LogP contribution is 2.09. The van der Waals surface area contributed by atoms with Gasteiger partial charge in [-0.15, -0.1) is 0 Å². The van der Waals surface area contributed by atoms with Crippen LogP contribution in [0.15, 0.2) is 147 Å². The Morgan fingerprint density at radius 1 is 0.268 bits per heavy atom. The van der Waals surface area contributed by atoms with Gasteiger partial charge in [-0.3, -0.25) is 9.97 Å². The zero-order valence-electron chi connectivity index (χ0n) is 37.4. The lowest BCUT2D eigenvalue weighted by Gasteiger charge is -1.90. The molecular formula is C48H72N8. The molecule has 0 aliphatic heterocycles. The molecule has 0 saturated heterocycles. The minimum Gasteiger partial charge on any atom is -0.253 e. The zero-order chi connectivity index (χ0) is 43.2. The van der Waals surface area contributed by atoms with E-state index in [1.54, 1.807) is 43.4 Å². The summed E-state index contributed by atoms with van der Waals surface area (Å²) in [6.45, 7) is 32.0. The lowest BCUT2D eigenvalue weighted by atomic mass is 10.2. The third-order valence-corrected chi connectivity index (χ3v) is 5.63. The summed E-state index contributed by atoms with van der Waals surface area (Å²) in [6, 6.07) is 33.5. The largest absolute Gasteiger partial charge is 0.253 e. The lowest BCUT2D eigenvalue weighted by molar-refractivity contribution is 1.05. The predicted octanol–water partition coefficient (Wildman–Crippen LogP) is 14.7. The van der Waals surface area contributed by atoms with Crippen molar-refractivity contribution in [2.45, 2.75) is 111 Å². The summed E-state index contributed by atoms with van der Waals surface area (Å²) in [5.41, 5.74) is 3.66. The normalized spacial score (nSPS) is 8.00. The van der Waals surface area contributed by atoms with E-state index in [4.69, 9.17) is 0 Å². The molecule has 0 radical (unpaired) electrons. The fraction of sp³-hybridized carbons (Fsp3) is 0.333. The third kappa shape index (κ3) is 24.5. The van der Waals surface area contributed by atoms with Crippen molar-refractivity contribution in [2.75, 3.05) is 0 Å². The van der Waals surface area contributed by atoms with E-state index in [0.717, 1.165) is 43.7 Å². The van der Waals surface area contributed by atoms with Crippen molar-refractivity contribution >= 4 is 43.7 Å². The van der Waals surface area contributed by atoms with Gasteiger partial charge in [0.25, 0.3) is 0 Å². The van der Waals surface area contributed by atoms with Gasteiger partial charge in [0, 0.05) is 46.3 Å². The maximum atomic E-state index is 4.12. The number of para-hydroxylation sites is 2. The van der Waals surface area contributed by atoms with Crippen LogP contribution in [0.25, 0.3) is 43.7 Å². The highest BCUT2D eigenvalue weighted by atomic mass is 15.1. The molecule has 5 heterocycles. The van der Waals surface area contributed by atoms with Crippen molar-refractivity contribution in [1.82, 2.24) is 40.3 Å². The SMILES string of the molecule is CC.CC.CC.CC.CC.CC.CC.CC.c1ccc2cnncc2c1.c1ccc2nccnc2c1.c1ccc2nnccc2c1.c1cnc2ncccc2c1. The summed E-state index contributed by atoms with van der Waals surface area (Å²) in [5, 5.41) is 19.7. The molecule has 8 nitrogen and oxygen atoms in total. The first-order valence-corrected chi connectivity index (χ1v) is 20.5. The van der Waals surface area contributed by atoms with E-state index < -0.39 is 0 Å². The first-order valence-electron chi connectivity index (χ1n) is 20.5. The van der Waals surface area contributed by atoms with E-state index in [1.807, 2.05) is 214 Å². The van der Waals surface area contributed by atoms with Crippen LogP contribution in [0, 0.1) is 0 Å². The second kappa shape index (κ2) is 45.4. The van der Waals surface area contributed by atoms with Crippen LogP contribution >= 0.6 is 0 Å². The highest BCUT2D eigenvalue weighted by molar-refractivity contribution is 5.80. The van der Waals surface area contributed by atoms with Gasteiger partial charge in [-0.1, -0.05) is 165 Å². The Labute approximate surface area is 340 Å². The van der Waals surface area contributed by atoms with Gasteiger partial charge in [0.15, 0.2) is 5.65 Å². The number of hydrogen-bond donors (Lipinski definition) is 0. The molecule has 8 rings (SSSR count). The van der Waals surface area contributed by atoms with Crippen molar-refractivity contribution in [3.05, 3.63) is 147 Å². The maximum Gasteiger partial charge on any atom is 0.159 e. The molecule has 0 aliphatic rings. The molecule has 0 unspecified atom stereocenters. The number of hydrogen-bond acceptors (Lipinski definition) is 8. The highest BCUT2D eigenvalue weighted by Gasteiger charge is 1.90. The maximum absolute atomic E-state index is 4.12. The summed E-state index contributed by atoms with van der Waals surface area (Å²) in [4.78, 5) is 16.4. The average molecular weight is 761 g/mol. The number of fused-ring (bicyclic) bond motifs is 4. The molecule has 8 aromatic rings. The number of aromatic nitrogens is 8. The van der Waals surface area contributed by atoms with Gasteiger partial charge in [-0.25, -0.2) is 9.97 Å². The Hall–Kier alpha value is -5.76. The van der Waals surface area contributed by atoms with Gasteiger partial charge in [0.1, 0.15) is 0 Å². The van der Waals surface area contributed by atoms with Crippen molar-refractivity contribution in [3.8, 4) is 0 Å². The Bertz CT molecular complexity index is 1400. The average Bonchev–Trinajstić information content (AvgIpc) is 3.35. The van der Waals surface area contributed by atoms with Crippen molar-refractivity contribution in [3.63, 3.8) is 0 Å². The fourth-order valence-corrected chi connectivity index (χ4v) is 3.68. The molecule has 0 aliphatic carbocycles. The monoisotopic (exact) mass is 761 g/mol. The van der Waals surface area contributed by atoms with Gasteiger partial charge in [0.05, 0.1) is 35.1 Å². The molecule has 8 heteroatoms. The van der Waals surface area contributed by atoms with Crippen LogP contribution in [0.1, 0.15) is 111 Å². The molecule has 0 N–H and O–H groups in total. The Morgan fingerprint density at radius 2 is 0.625 bits per heavy atom. The van der Waals surface area contributed by atoms with E-state index in [9.17, 15) is 0 Å². The van der Waals surface area contributed by atoms with E-state index in [0.29, 0.717) is 0 Å². The number of nitrogens with zero attached hydrogens (tertiary/aromatic N) is 8. The number of rotatable bonds is 0. The lowest BCUT2D eigenvalue weighted by Crippen LogP contribution is -1.79. The summed E-state index contributed by atoms with van der Waals surface area (Å²) in [6.07, 6.45) is 12.1. The molecule has 56 heavy (non-hydrogen) atoms. The van der Waals surface area contributed by atoms with Crippen LogP contribution in [0.5, 0.6) is 0 Å². The Balaban J connectivity index is -0.000000287. The molecular weight excluding hydrogens is 689 g/mol. The smallest absolute Gasteiger partial charge is 0.159 e. The minimum atomic E-state index is 0.810. The quantitative estimate of drug-likeness (QED) is 0.150. The third-order valence-electron chi connectivity index (χ3n) is 5.63. The van der Waals surface area contributed by atoms with Crippen LogP contribution in [0.3, 0.4) is 0 Å². The predicted molar refractivity (Wildman–Crippen MR) is 249 cm³/mol. The van der Waals surface area contributed by atoms with Crippen LogP contribution in [-0.4, -0.2) is 40.3 Å². The second-order valence-corrected chi connectivity index (χ2v) is 8.31. The first-order chi connectivity index (χ1) is 27.9. The van der Waals surface area contributed by atoms with Gasteiger partial charge >= 0.3 is 0 Å². The second-order valence-electron chi connectivity index (χ2n) is 8.31. The molecule has 0 atom stereocenters. The molecule has 3 aromatic carbocycles. The van der Waals surface area contributed by atoms with E-state index in [1.165, 1.54) is 0 Å². The van der Waals surface area contributed by atoms with Gasteiger partial charge in [0.2, 0.25) is 0 Å². The van der Waals surface area contributed by atoms with Crippen LogP contribution in [-0.2, 0) is 0 Å². The fourth-order valence-electron chi connectivity index (χ4n) is 3.68. The van der Waals surface area contributed by atoms with E-state index in [-0.39, 0.29) is 0 Å². The molecule has 0 saturated carbocycles. The summed E-state index contributed by atoms with van der Waals surface area (Å²) < 4.78 is 0. The Morgan fingerprint density at radius 3 is 1.02 bits per heavy atom. The standard InChI is InChI=1S/4C8H6N2.8C2H6/c1-3-7-4-2-6-10-8(7)9-5-1;1-2-4-8-6-10-9-5-7(8)3-1;1-2-4-8-7(3-1)9-5-6-10-8;1-2-4-8-7(3-1)5-6-9-10-8;8*1-2/h4*1-6H;8*1-2H3. The van der Waals surface area contributed by atoms with Crippen LogP contribution < -0.4 is 0 Å². The van der Waals surface area contributed by atoms with Crippen LogP contribution in [0.4, 0.5) is 0 Å². The molecule has 0 fully saturated rings. The van der Waals surface area contributed by atoms with E-state index >= 15 is 0 Å². The van der Waals surface area contributed by atoms with Gasteiger partial charge in [-0.05, 0) is 48.5 Å². The molecule has 0 bridgehead atoms. The summed E-state index contributed by atoms with van der Waals surface area (Å²) in [7, 11) is 0. The van der Waals surface area contributed by atoms with E-state index in [2.05, 4.69) is 40.3 Å². The van der Waals surface area contributed by atoms with Gasteiger partial charge < -0.3 is 0 Å². The number of pyridine rings is 2. The molecule has 5 aromatic heterocycles. The summed E-state index contributed by atoms with van der Waals surface area (Å²) >= 11 is 0. The number of benzene rings is 3. The van der Waals surface area contributed by atoms with Crippen molar-refractivity contribution < 1.29 is 0 Å². The molecule has 0 spiro atoms. The molecule has 0 amide bonds. The van der Waals surface area contributed by atoms with Crippen molar-refractivity contribution in [2.24, 2.45) is 0 Å². The van der Waals surface area contributed by atoms with Gasteiger partial charge in [-0.2, -0.15) is 20.4 Å². The minimum absolute atomic E-state index is 0.810. The van der Waals surface area contributed by atoms with Crippen LogP contribution in [0.2, 0.25) is 0 Å². The Kier molecular flexibility index (Phi) is 46.2. The summed E-state index contributed by atoms with van der Waals surface area (Å²) in [5.74, 6) is 0.